The maximum Gasteiger partial charge on any atom is 0.305 e. The van der Waals surface area contributed by atoms with Crippen molar-refractivity contribution in [3.05, 3.63) is 47.8 Å². The number of likely N-dealkylation sites (tertiary alicyclic amines) is 1. The molecule has 1 aliphatic rings. The average Bonchev–Trinajstić information content (AvgIpc) is 3.20. The van der Waals surface area contributed by atoms with Gasteiger partial charge in [0.2, 0.25) is 0 Å². The van der Waals surface area contributed by atoms with E-state index in [1.165, 1.54) is 0 Å². The molecule has 0 bridgehead atoms. The molecule has 1 aromatic heterocycles. The first kappa shape index (κ1) is 17.2. The highest BCUT2D eigenvalue weighted by molar-refractivity contribution is 5.95. The Morgan fingerprint density at radius 2 is 2.00 bits per heavy atom. The van der Waals surface area contributed by atoms with Gasteiger partial charge in [0.15, 0.2) is 0 Å². The summed E-state index contributed by atoms with van der Waals surface area (Å²) in [5.74, 6) is -1.09. The number of aliphatic carboxylic acids is 1. The van der Waals surface area contributed by atoms with Gasteiger partial charge in [0, 0.05) is 31.5 Å². The fourth-order valence-corrected chi connectivity index (χ4v) is 3.17. The minimum Gasteiger partial charge on any atom is -0.481 e. The van der Waals surface area contributed by atoms with Crippen LogP contribution in [0.15, 0.2) is 36.5 Å². The highest BCUT2D eigenvalue weighted by Crippen LogP contribution is 2.25. The molecule has 7 nitrogen and oxygen atoms in total. The van der Waals surface area contributed by atoms with Crippen molar-refractivity contribution in [2.24, 2.45) is 0 Å². The van der Waals surface area contributed by atoms with E-state index >= 15 is 0 Å². The largest absolute Gasteiger partial charge is 0.481 e. The van der Waals surface area contributed by atoms with Gasteiger partial charge in [-0.1, -0.05) is 0 Å². The summed E-state index contributed by atoms with van der Waals surface area (Å²) in [5.41, 5.74) is 2.31. The molecule has 25 heavy (non-hydrogen) atoms. The predicted octanol–water partition coefficient (Wildman–Crippen LogP) is 1.88. The maximum atomic E-state index is 12.8. The second-order valence-electron chi connectivity index (χ2n) is 6.25. The summed E-state index contributed by atoms with van der Waals surface area (Å²) in [6.07, 6.45) is 2.20. The number of aryl methyl sites for hydroxylation is 1. The first-order valence-electron chi connectivity index (χ1n) is 8.16. The number of hydrogen-bond acceptors (Lipinski definition) is 4. The molecule has 1 fully saturated rings. The molecule has 1 amide bonds. The number of ether oxygens (including phenoxy) is 1. The molecule has 1 aliphatic heterocycles. The number of nitrogens with zero attached hydrogens (tertiary/aromatic N) is 3. The molecule has 0 aliphatic carbocycles. The third-order valence-corrected chi connectivity index (χ3v) is 4.48. The Morgan fingerprint density at radius 3 is 2.56 bits per heavy atom. The number of carbonyl (C=O) groups excluding carboxylic acids is 1. The Bertz CT molecular complexity index is 769. The van der Waals surface area contributed by atoms with Gasteiger partial charge in [-0.25, -0.2) is 4.68 Å². The summed E-state index contributed by atoms with van der Waals surface area (Å²) in [6, 6.07) is 8.71. The highest BCUT2D eigenvalue weighted by Gasteiger charge is 2.36. The molecule has 2 heterocycles. The summed E-state index contributed by atoms with van der Waals surface area (Å²) in [4.78, 5) is 25.5. The lowest BCUT2D eigenvalue weighted by molar-refractivity contribution is -0.137. The number of aromatic nitrogens is 2. The van der Waals surface area contributed by atoms with Crippen molar-refractivity contribution < 1.29 is 19.4 Å². The van der Waals surface area contributed by atoms with Crippen molar-refractivity contribution in [2.75, 3.05) is 13.7 Å². The molecule has 2 unspecified atom stereocenters. The summed E-state index contributed by atoms with van der Waals surface area (Å²) >= 11 is 0. The Hall–Kier alpha value is -2.67. The number of carbonyl (C=O) groups is 2. The molecule has 0 spiro atoms. The van der Waals surface area contributed by atoms with Crippen LogP contribution in [0.4, 0.5) is 0 Å². The number of benzene rings is 1. The van der Waals surface area contributed by atoms with Crippen LogP contribution < -0.4 is 0 Å². The number of hydrogen-bond donors (Lipinski definition) is 1. The smallest absolute Gasteiger partial charge is 0.305 e. The molecule has 2 aromatic rings. The van der Waals surface area contributed by atoms with Gasteiger partial charge < -0.3 is 14.7 Å². The SMILES string of the molecule is COC1CC(CC(=O)O)N(C(=O)c2ccc(-n3ccc(C)n3)cc2)C1. The lowest BCUT2D eigenvalue weighted by Crippen LogP contribution is -2.37. The summed E-state index contributed by atoms with van der Waals surface area (Å²) in [7, 11) is 1.58. The van der Waals surface area contributed by atoms with Crippen LogP contribution in [-0.2, 0) is 9.53 Å². The Labute approximate surface area is 145 Å². The molecule has 2 atom stereocenters. The zero-order chi connectivity index (χ0) is 18.0. The lowest BCUT2D eigenvalue weighted by Gasteiger charge is -2.23. The predicted molar refractivity (Wildman–Crippen MR) is 90.8 cm³/mol. The van der Waals surface area contributed by atoms with E-state index in [2.05, 4.69) is 5.10 Å². The third kappa shape index (κ3) is 3.71. The molecule has 1 N–H and O–H groups in total. The molecule has 1 saturated heterocycles. The van der Waals surface area contributed by atoms with Crippen molar-refractivity contribution in [3.63, 3.8) is 0 Å². The first-order chi connectivity index (χ1) is 12.0. The van der Waals surface area contributed by atoms with Gasteiger partial charge >= 0.3 is 5.97 Å². The standard InChI is InChI=1S/C18H21N3O4/c1-12-7-8-21(19-12)14-5-3-13(4-6-14)18(24)20-11-16(25-2)9-15(20)10-17(22)23/h3-8,15-16H,9-11H2,1-2H3,(H,22,23). The van der Waals surface area contributed by atoms with Crippen molar-refractivity contribution in [2.45, 2.75) is 31.9 Å². The van der Waals surface area contributed by atoms with E-state index in [1.807, 2.05) is 31.3 Å². The van der Waals surface area contributed by atoms with Crippen LogP contribution in [0.5, 0.6) is 0 Å². The van der Waals surface area contributed by atoms with E-state index in [-0.39, 0.29) is 24.5 Å². The van der Waals surface area contributed by atoms with Gasteiger partial charge in [-0.05, 0) is 43.7 Å². The van der Waals surface area contributed by atoms with Crippen molar-refractivity contribution in [1.82, 2.24) is 14.7 Å². The zero-order valence-corrected chi connectivity index (χ0v) is 14.3. The fraction of sp³-hybridized carbons (Fsp3) is 0.389. The van der Waals surface area contributed by atoms with Crippen LogP contribution in [-0.4, -0.2) is 57.5 Å². The van der Waals surface area contributed by atoms with Crippen LogP contribution in [0, 0.1) is 6.92 Å². The van der Waals surface area contributed by atoms with E-state index in [9.17, 15) is 9.59 Å². The van der Waals surface area contributed by atoms with Gasteiger partial charge in [-0.15, -0.1) is 0 Å². The zero-order valence-electron chi connectivity index (χ0n) is 14.3. The van der Waals surface area contributed by atoms with Gasteiger partial charge in [0.25, 0.3) is 5.91 Å². The first-order valence-corrected chi connectivity index (χ1v) is 8.16. The van der Waals surface area contributed by atoms with Crippen LogP contribution in [0.2, 0.25) is 0 Å². The highest BCUT2D eigenvalue weighted by atomic mass is 16.5. The third-order valence-electron chi connectivity index (χ3n) is 4.48. The lowest BCUT2D eigenvalue weighted by atomic mass is 10.1. The van der Waals surface area contributed by atoms with E-state index in [4.69, 9.17) is 9.84 Å². The normalized spacial score (nSPS) is 20.0. The van der Waals surface area contributed by atoms with Gasteiger partial charge in [-0.3, -0.25) is 9.59 Å². The monoisotopic (exact) mass is 343 g/mol. The molecular formula is C18H21N3O4. The maximum absolute atomic E-state index is 12.8. The number of rotatable bonds is 5. The number of amides is 1. The van der Waals surface area contributed by atoms with Crippen molar-refractivity contribution >= 4 is 11.9 Å². The van der Waals surface area contributed by atoms with Gasteiger partial charge in [0.1, 0.15) is 0 Å². The molecule has 1 aromatic carbocycles. The number of carboxylic acid groups (broad SMARTS) is 1. The molecule has 3 rings (SSSR count). The van der Waals surface area contributed by atoms with Crippen LogP contribution in [0.25, 0.3) is 5.69 Å². The van der Waals surface area contributed by atoms with E-state index in [0.717, 1.165) is 11.4 Å². The quantitative estimate of drug-likeness (QED) is 0.896. The van der Waals surface area contributed by atoms with Crippen molar-refractivity contribution in [1.29, 1.82) is 0 Å². The second kappa shape index (κ2) is 7.06. The topological polar surface area (TPSA) is 84.7 Å². The molecule has 7 heteroatoms. The summed E-state index contributed by atoms with van der Waals surface area (Å²) in [5, 5.41) is 13.4. The number of methoxy groups -OCH3 is 1. The Morgan fingerprint density at radius 1 is 1.28 bits per heavy atom. The van der Waals surface area contributed by atoms with Crippen LogP contribution in [0.3, 0.4) is 0 Å². The van der Waals surface area contributed by atoms with Crippen molar-refractivity contribution in [3.8, 4) is 5.69 Å². The van der Waals surface area contributed by atoms with Crippen LogP contribution >= 0.6 is 0 Å². The fourth-order valence-electron chi connectivity index (χ4n) is 3.17. The minimum atomic E-state index is -0.913. The van der Waals surface area contributed by atoms with Gasteiger partial charge in [0.05, 0.1) is 23.9 Å². The Balaban J connectivity index is 1.78. The summed E-state index contributed by atoms with van der Waals surface area (Å²) < 4.78 is 7.06. The van der Waals surface area contributed by atoms with Crippen LogP contribution in [0.1, 0.15) is 28.9 Å². The molecule has 132 valence electrons. The van der Waals surface area contributed by atoms with E-state index in [1.54, 1.807) is 28.8 Å². The van der Waals surface area contributed by atoms with E-state index in [0.29, 0.717) is 18.5 Å². The minimum absolute atomic E-state index is 0.0732. The second-order valence-corrected chi connectivity index (χ2v) is 6.25. The molecule has 0 saturated carbocycles. The van der Waals surface area contributed by atoms with E-state index < -0.39 is 5.97 Å². The molecule has 0 radical (unpaired) electrons. The number of carboxylic acids is 1. The summed E-state index contributed by atoms with van der Waals surface area (Å²) in [6.45, 7) is 2.32. The van der Waals surface area contributed by atoms with Gasteiger partial charge in [-0.2, -0.15) is 5.10 Å². The molecular weight excluding hydrogens is 322 g/mol. The Kier molecular flexibility index (Phi) is 4.85. The average molecular weight is 343 g/mol.